The second-order valence-corrected chi connectivity index (χ2v) is 5.16. The first-order valence-corrected chi connectivity index (χ1v) is 7.22. The lowest BCUT2D eigenvalue weighted by Gasteiger charge is -2.24. The third kappa shape index (κ3) is 3.16. The summed E-state index contributed by atoms with van der Waals surface area (Å²) < 4.78 is 16.7. The molecular weight excluding hydrogens is 270 g/mol. The van der Waals surface area contributed by atoms with Gasteiger partial charge in [-0.15, -0.1) is 0 Å². The zero-order valence-electron chi connectivity index (χ0n) is 12.0. The summed E-state index contributed by atoms with van der Waals surface area (Å²) in [4.78, 5) is 4.37. The molecule has 0 fully saturated rings. The monoisotopic (exact) mass is 289 g/mol. The summed E-state index contributed by atoms with van der Waals surface area (Å²) in [6.45, 7) is 2.47. The van der Waals surface area contributed by atoms with Gasteiger partial charge in [-0.3, -0.25) is 0 Å². The quantitative estimate of drug-likeness (QED) is 0.909. The number of rotatable bonds is 5. The Morgan fingerprint density at radius 1 is 1.33 bits per heavy atom. The fourth-order valence-electron chi connectivity index (χ4n) is 2.33. The average Bonchev–Trinajstić information content (AvgIpc) is 2.95. The van der Waals surface area contributed by atoms with Crippen LogP contribution in [0.2, 0.25) is 0 Å². The Kier molecular flexibility index (Phi) is 4.06. The van der Waals surface area contributed by atoms with Crippen LogP contribution < -0.4 is 15.2 Å². The van der Waals surface area contributed by atoms with Crippen LogP contribution in [0.5, 0.6) is 11.5 Å². The molecule has 0 amide bonds. The number of para-hydroxylation sites is 2. The highest BCUT2D eigenvalue weighted by atomic mass is 16.6. The molecule has 1 aromatic carbocycles. The molecular formula is C15H19N3O3. The van der Waals surface area contributed by atoms with Crippen LogP contribution >= 0.6 is 0 Å². The van der Waals surface area contributed by atoms with Gasteiger partial charge in [0.2, 0.25) is 11.7 Å². The van der Waals surface area contributed by atoms with Crippen LogP contribution in [-0.2, 0) is 6.42 Å². The topological polar surface area (TPSA) is 83.4 Å². The van der Waals surface area contributed by atoms with Crippen LogP contribution in [0.15, 0.2) is 28.8 Å². The predicted molar refractivity (Wildman–Crippen MR) is 76.2 cm³/mol. The molecule has 2 aromatic rings. The van der Waals surface area contributed by atoms with Crippen molar-refractivity contribution in [2.45, 2.75) is 38.3 Å². The maximum absolute atomic E-state index is 5.98. The smallest absolute Gasteiger partial charge is 0.228 e. The van der Waals surface area contributed by atoms with E-state index in [4.69, 9.17) is 19.7 Å². The molecule has 21 heavy (non-hydrogen) atoms. The molecule has 0 bridgehead atoms. The Morgan fingerprint density at radius 3 is 2.95 bits per heavy atom. The Balaban J connectivity index is 1.67. The fourth-order valence-corrected chi connectivity index (χ4v) is 2.33. The van der Waals surface area contributed by atoms with Crippen molar-refractivity contribution in [1.82, 2.24) is 10.1 Å². The predicted octanol–water partition coefficient (Wildman–Crippen LogP) is 2.25. The highest BCUT2D eigenvalue weighted by Crippen LogP contribution is 2.35. The number of nitrogens with zero attached hydrogens (tertiary/aromatic N) is 2. The second kappa shape index (κ2) is 6.13. The minimum atomic E-state index is -0.347. The van der Waals surface area contributed by atoms with E-state index in [0.717, 1.165) is 18.6 Å². The number of nitrogens with two attached hydrogens (primary N) is 1. The van der Waals surface area contributed by atoms with Crippen LogP contribution in [0.4, 0.5) is 0 Å². The summed E-state index contributed by atoms with van der Waals surface area (Å²) in [5.74, 6) is 2.49. The summed E-state index contributed by atoms with van der Waals surface area (Å²) in [6, 6.07) is 7.59. The molecule has 3 rings (SSSR count). The fraction of sp³-hybridized carbons (Fsp3) is 0.467. The standard InChI is InChI=1S/C15H19N3O3/c1-2-5-10(16)8-14-17-15(18-21-14)13-9-19-11-6-3-4-7-12(11)20-13/h3-4,6-7,10,13H,2,5,8-9,16H2,1H3. The SMILES string of the molecule is CCCC(N)Cc1nc(C2COc3ccccc3O2)no1. The van der Waals surface area contributed by atoms with Gasteiger partial charge in [0.25, 0.3) is 0 Å². The molecule has 0 saturated heterocycles. The van der Waals surface area contributed by atoms with Crippen LogP contribution in [0.25, 0.3) is 0 Å². The molecule has 0 radical (unpaired) electrons. The van der Waals surface area contributed by atoms with Gasteiger partial charge >= 0.3 is 0 Å². The summed E-state index contributed by atoms with van der Waals surface area (Å²) in [6.07, 6.45) is 2.22. The lowest BCUT2D eigenvalue weighted by Crippen LogP contribution is -2.23. The van der Waals surface area contributed by atoms with Crippen molar-refractivity contribution in [3.63, 3.8) is 0 Å². The number of benzene rings is 1. The van der Waals surface area contributed by atoms with Crippen LogP contribution in [0, 0.1) is 0 Å². The molecule has 1 aliphatic heterocycles. The number of fused-ring (bicyclic) bond motifs is 1. The first-order valence-electron chi connectivity index (χ1n) is 7.22. The molecule has 0 aliphatic carbocycles. The minimum absolute atomic E-state index is 0.0487. The summed E-state index contributed by atoms with van der Waals surface area (Å²) in [5.41, 5.74) is 5.98. The largest absolute Gasteiger partial charge is 0.485 e. The van der Waals surface area contributed by atoms with Crippen LogP contribution in [-0.4, -0.2) is 22.8 Å². The molecule has 0 saturated carbocycles. The molecule has 1 aliphatic rings. The van der Waals surface area contributed by atoms with E-state index in [2.05, 4.69) is 17.1 Å². The van der Waals surface area contributed by atoms with Gasteiger partial charge in [-0.05, 0) is 18.6 Å². The number of ether oxygens (including phenoxy) is 2. The normalized spacial score (nSPS) is 18.5. The first-order chi connectivity index (χ1) is 10.3. The van der Waals surface area contributed by atoms with Gasteiger partial charge in [-0.25, -0.2) is 0 Å². The molecule has 2 heterocycles. The molecule has 1 aromatic heterocycles. The molecule has 6 heteroatoms. The van der Waals surface area contributed by atoms with Crippen molar-refractivity contribution in [2.75, 3.05) is 6.61 Å². The van der Waals surface area contributed by atoms with Crippen LogP contribution in [0.3, 0.4) is 0 Å². The number of aromatic nitrogens is 2. The Hall–Kier alpha value is -2.08. The number of hydrogen-bond donors (Lipinski definition) is 1. The Bertz CT molecular complexity index is 599. The maximum atomic E-state index is 5.98. The van der Waals surface area contributed by atoms with Crippen molar-refractivity contribution in [3.05, 3.63) is 36.0 Å². The summed E-state index contributed by atoms with van der Waals surface area (Å²) in [5, 5.41) is 3.98. The van der Waals surface area contributed by atoms with Crippen molar-refractivity contribution in [1.29, 1.82) is 0 Å². The van der Waals surface area contributed by atoms with Gasteiger partial charge < -0.3 is 19.7 Å². The third-order valence-electron chi connectivity index (χ3n) is 3.38. The van der Waals surface area contributed by atoms with Gasteiger partial charge in [0, 0.05) is 12.5 Å². The molecule has 2 N–H and O–H groups in total. The van der Waals surface area contributed by atoms with Crippen LogP contribution in [0.1, 0.15) is 37.6 Å². The lowest BCUT2D eigenvalue weighted by molar-refractivity contribution is 0.0832. The van der Waals surface area contributed by atoms with E-state index in [1.54, 1.807) is 0 Å². The van der Waals surface area contributed by atoms with Crippen molar-refractivity contribution < 1.29 is 14.0 Å². The molecule has 112 valence electrons. The van der Waals surface area contributed by atoms with Gasteiger partial charge in [0.05, 0.1) is 0 Å². The molecule has 6 nitrogen and oxygen atoms in total. The zero-order valence-corrected chi connectivity index (χ0v) is 12.0. The molecule has 2 atom stereocenters. The third-order valence-corrected chi connectivity index (χ3v) is 3.38. The summed E-state index contributed by atoms with van der Waals surface area (Å²) >= 11 is 0. The second-order valence-electron chi connectivity index (χ2n) is 5.16. The van der Waals surface area contributed by atoms with E-state index in [0.29, 0.717) is 30.5 Å². The van der Waals surface area contributed by atoms with E-state index >= 15 is 0 Å². The van der Waals surface area contributed by atoms with E-state index in [1.807, 2.05) is 24.3 Å². The summed E-state index contributed by atoms with van der Waals surface area (Å²) in [7, 11) is 0. The van der Waals surface area contributed by atoms with Gasteiger partial charge in [-0.2, -0.15) is 4.98 Å². The lowest BCUT2D eigenvalue weighted by atomic mass is 10.1. The number of hydrogen-bond acceptors (Lipinski definition) is 6. The van der Waals surface area contributed by atoms with Crippen molar-refractivity contribution >= 4 is 0 Å². The van der Waals surface area contributed by atoms with Crippen molar-refractivity contribution in [3.8, 4) is 11.5 Å². The van der Waals surface area contributed by atoms with Gasteiger partial charge in [0.1, 0.15) is 6.61 Å². The van der Waals surface area contributed by atoms with E-state index in [1.165, 1.54) is 0 Å². The molecule has 0 spiro atoms. The van der Waals surface area contributed by atoms with Crippen molar-refractivity contribution in [2.24, 2.45) is 5.73 Å². The van der Waals surface area contributed by atoms with E-state index < -0.39 is 0 Å². The Labute approximate surface area is 123 Å². The maximum Gasteiger partial charge on any atom is 0.228 e. The highest BCUT2D eigenvalue weighted by molar-refractivity contribution is 5.40. The van der Waals surface area contributed by atoms with E-state index in [-0.39, 0.29) is 12.1 Å². The highest BCUT2D eigenvalue weighted by Gasteiger charge is 2.27. The average molecular weight is 289 g/mol. The van der Waals surface area contributed by atoms with Gasteiger partial charge in [-0.1, -0.05) is 30.6 Å². The molecule has 2 unspecified atom stereocenters. The van der Waals surface area contributed by atoms with E-state index in [9.17, 15) is 0 Å². The zero-order chi connectivity index (χ0) is 14.7. The first kappa shape index (κ1) is 13.9. The van der Waals surface area contributed by atoms with Gasteiger partial charge in [0.15, 0.2) is 17.6 Å². The Morgan fingerprint density at radius 2 is 2.14 bits per heavy atom. The minimum Gasteiger partial charge on any atom is -0.485 e.